The van der Waals surface area contributed by atoms with E-state index in [2.05, 4.69) is 15.6 Å². The van der Waals surface area contributed by atoms with E-state index < -0.39 is 0 Å². The predicted octanol–water partition coefficient (Wildman–Crippen LogP) is 2.76. The molecule has 142 valence electrons. The number of hydrogen-bond donors (Lipinski definition) is 2. The summed E-state index contributed by atoms with van der Waals surface area (Å²) >= 11 is 0. The molecule has 27 heavy (non-hydrogen) atoms. The fourth-order valence-corrected chi connectivity index (χ4v) is 3.11. The number of piperidine rings is 1. The number of rotatable bonds is 5. The maximum absolute atomic E-state index is 12.5. The van der Waals surface area contributed by atoms with Crippen molar-refractivity contribution in [3.8, 4) is 5.75 Å². The van der Waals surface area contributed by atoms with E-state index in [1.54, 1.807) is 36.4 Å². The highest BCUT2D eigenvalue weighted by atomic mass is 16.5. The van der Waals surface area contributed by atoms with Gasteiger partial charge in [0.1, 0.15) is 11.4 Å². The quantitative estimate of drug-likeness (QED) is 0.850. The first-order valence-corrected chi connectivity index (χ1v) is 9.05. The SMILES string of the molecule is COc1ccccc1NC(=O)N1CCC(CNC(=O)c2ccccn2)CC1. The monoisotopic (exact) mass is 368 g/mol. The standard InChI is InChI=1S/C20H24N4O3/c1-27-18-8-3-2-6-16(18)23-20(26)24-12-9-15(10-13-24)14-22-19(25)17-7-4-5-11-21-17/h2-8,11,15H,9-10,12-14H2,1H3,(H,22,25)(H,23,26). The number of hydrogen-bond acceptors (Lipinski definition) is 4. The summed E-state index contributed by atoms with van der Waals surface area (Å²) in [4.78, 5) is 30.4. The van der Waals surface area contributed by atoms with Crippen molar-refractivity contribution in [3.63, 3.8) is 0 Å². The number of pyridine rings is 1. The van der Waals surface area contributed by atoms with Gasteiger partial charge in [0.25, 0.3) is 5.91 Å². The number of methoxy groups -OCH3 is 1. The van der Waals surface area contributed by atoms with E-state index in [1.165, 1.54) is 0 Å². The predicted molar refractivity (Wildman–Crippen MR) is 103 cm³/mol. The van der Waals surface area contributed by atoms with Gasteiger partial charge in [-0.1, -0.05) is 18.2 Å². The Labute approximate surface area is 158 Å². The van der Waals surface area contributed by atoms with Gasteiger partial charge in [0, 0.05) is 25.8 Å². The third-order valence-electron chi connectivity index (χ3n) is 4.70. The normalized spacial score (nSPS) is 14.5. The average molecular weight is 368 g/mol. The van der Waals surface area contributed by atoms with Crippen molar-refractivity contribution in [3.05, 3.63) is 54.4 Å². The third-order valence-corrected chi connectivity index (χ3v) is 4.70. The molecule has 1 aromatic carbocycles. The fraction of sp³-hybridized carbons (Fsp3) is 0.350. The molecule has 1 aliphatic rings. The van der Waals surface area contributed by atoms with Crippen LogP contribution >= 0.6 is 0 Å². The number of amides is 3. The molecule has 2 heterocycles. The van der Waals surface area contributed by atoms with Crippen molar-refractivity contribution < 1.29 is 14.3 Å². The van der Waals surface area contributed by atoms with E-state index in [-0.39, 0.29) is 11.9 Å². The van der Waals surface area contributed by atoms with Crippen molar-refractivity contribution in [1.82, 2.24) is 15.2 Å². The molecule has 2 N–H and O–H groups in total. The van der Waals surface area contributed by atoms with Crippen LogP contribution in [0.25, 0.3) is 0 Å². The summed E-state index contributed by atoms with van der Waals surface area (Å²) in [6.45, 7) is 1.91. The van der Waals surface area contributed by atoms with Crippen LogP contribution < -0.4 is 15.4 Å². The number of para-hydroxylation sites is 2. The van der Waals surface area contributed by atoms with Crippen LogP contribution in [0.2, 0.25) is 0 Å². The first-order valence-electron chi connectivity index (χ1n) is 9.05. The topological polar surface area (TPSA) is 83.6 Å². The number of nitrogens with zero attached hydrogens (tertiary/aromatic N) is 2. The molecule has 3 rings (SSSR count). The molecule has 7 heteroatoms. The van der Waals surface area contributed by atoms with Crippen molar-refractivity contribution in [2.24, 2.45) is 5.92 Å². The Bertz CT molecular complexity index is 774. The van der Waals surface area contributed by atoms with Crippen LogP contribution in [0.5, 0.6) is 5.75 Å². The number of carbonyl (C=O) groups excluding carboxylic acids is 2. The highest BCUT2D eigenvalue weighted by molar-refractivity contribution is 5.92. The summed E-state index contributed by atoms with van der Waals surface area (Å²) in [5.74, 6) is 0.831. The summed E-state index contributed by atoms with van der Waals surface area (Å²) in [6.07, 6.45) is 3.30. The van der Waals surface area contributed by atoms with Gasteiger partial charge in [0.05, 0.1) is 12.8 Å². The molecule has 1 fully saturated rings. The molecular weight excluding hydrogens is 344 g/mol. The maximum atomic E-state index is 12.5. The number of urea groups is 1. The van der Waals surface area contributed by atoms with Gasteiger partial charge >= 0.3 is 6.03 Å². The molecule has 0 unspecified atom stereocenters. The number of likely N-dealkylation sites (tertiary alicyclic amines) is 1. The van der Waals surface area contributed by atoms with E-state index in [0.29, 0.717) is 42.7 Å². The van der Waals surface area contributed by atoms with Crippen LogP contribution in [0.1, 0.15) is 23.3 Å². The molecule has 7 nitrogen and oxygen atoms in total. The van der Waals surface area contributed by atoms with E-state index in [4.69, 9.17) is 4.74 Å². The summed E-state index contributed by atoms with van der Waals surface area (Å²) < 4.78 is 5.26. The molecule has 0 bridgehead atoms. The van der Waals surface area contributed by atoms with E-state index in [1.807, 2.05) is 24.3 Å². The Hall–Kier alpha value is -3.09. The van der Waals surface area contributed by atoms with E-state index >= 15 is 0 Å². The first kappa shape index (κ1) is 18.7. The first-order chi connectivity index (χ1) is 13.2. The molecule has 0 aliphatic carbocycles. The van der Waals surface area contributed by atoms with Crippen LogP contribution in [0.4, 0.5) is 10.5 Å². The van der Waals surface area contributed by atoms with Gasteiger partial charge in [-0.25, -0.2) is 4.79 Å². The fourth-order valence-electron chi connectivity index (χ4n) is 3.11. The van der Waals surface area contributed by atoms with Crippen molar-refractivity contribution in [1.29, 1.82) is 0 Å². The molecule has 2 aromatic rings. The van der Waals surface area contributed by atoms with Crippen LogP contribution in [0, 0.1) is 5.92 Å². The lowest BCUT2D eigenvalue weighted by Gasteiger charge is -2.32. The maximum Gasteiger partial charge on any atom is 0.321 e. The largest absolute Gasteiger partial charge is 0.495 e. The minimum Gasteiger partial charge on any atom is -0.495 e. The summed E-state index contributed by atoms with van der Waals surface area (Å²) in [7, 11) is 1.58. The molecule has 1 aliphatic heterocycles. The third kappa shape index (κ3) is 4.97. The zero-order chi connectivity index (χ0) is 19.1. The Morgan fingerprint density at radius 2 is 1.89 bits per heavy atom. The molecular formula is C20H24N4O3. The molecule has 0 radical (unpaired) electrons. The van der Waals surface area contributed by atoms with Crippen LogP contribution in [0.15, 0.2) is 48.7 Å². The highest BCUT2D eigenvalue weighted by Crippen LogP contribution is 2.24. The van der Waals surface area contributed by atoms with E-state index in [0.717, 1.165) is 12.8 Å². The van der Waals surface area contributed by atoms with Gasteiger partial charge in [-0.2, -0.15) is 0 Å². The van der Waals surface area contributed by atoms with Gasteiger partial charge in [0.15, 0.2) is 0 Å². The minimum absolute atomic E-state index is 0.129. The molecule has 0 atom stereocenters. The Kier molecular flexibility index (Phi) is 6.25. The molecule has 1 saturated heterocycles. The summed E-state index contributed by atoms with van der Waals surface area (Å²) in [5, 5.41) is 5.83. The van der Waals surface area contributed by atoms with Crippen LogP contribution in [0.3, 0.4) is 0 Å². The lowest BCUT2D eigenvalue weighted by atomic mass is 9.97. The second-order valence-electron chi connectivity index (χ2n) is 6.49. The lowest BCUT2D eigenvalue weighted by Crippen LogP contribution is -2.43. The second-order valence-corrected chi connectivity index (χ2v) is 6.49. The number of aromatic nitrogens is 1. The number of anilines is 1. The number of benzene rings is 1. The molecule has 3 amide bonds. The van der Waals surface area contributed by atoms with Gasteiger partial charge in [-0.05, 0) is 43.0 Å². The molecule has 0 saturated carbocycles. The number of ether oxygens (including phenoxy) is 1. The zero-order valence-corrected chi connectivity index (χ0v) is 15.4. The summed E-state index contributed by atoms with van der Waals surface area (Å²) in [6, 6.07) is 12.5. The van der Waals surface area contributed by atoms with Gasteiger partial charge in [-0.15, -0.1) is 0 Å². The zero-order valence-electron chi connectivity index (χ0n) is 15.4. The minimum atomic E-state index is -0.160. The van der Waals surface area contributed by atoms with E-state index in [9.17, 15) is 9.59 Å². The average Bonchev–Trinajstić information content (AvgIpc) is 2.73. The second kappa shape index (κ2) is 9.02. The van der Waals surface area contributed by atoms with Gasteiger partial charge < -0.3 is 20.3 Å². The smallest absolute Gasteiger partial charge is 0.321 e. The highest BCUT2D eigenvalue weighted by Gasteiger charge is 2.24. The Morgan fingerprint density at radius 3 is 2.59 bits per heavy atom. The Balaban J connectivity index is 1.44. The van der Waals surface area contributed by atoms with Crippen LogP contribution in [-0.2, 0) is 0 Å². The molecule has 0 spiro atoms. The van der Waals surface area contributed by atoms with Crippen molar-refractivity contribution in [2.75, 3.05) is 32.1 Å². The van der Waals surface area contributed by atoms with Crippen molar-refractivity contribution in [2.45, 2.75) is 12.8 Å². The Morgan fingerprint density at radius 1 is 1.15 bits per heavy atom. The van der Waals surface area contributed by atoms with Crippen LogP contribution in [-0.4, -0.2) is 48.6 Å². The van der Waals surface area contributed by atoms with Gasteiger partial charge in [0.2, 0.25) is 0 Å². The number of nitrogens with one attached hydrogen (secondary N) is 2. The van der Waals surface area contributed by atoms with Gasteiger partial charge in [-0.3, -0.25) is 9.78 Å². The summed E-state index contributed by atoms with van der Waals surface area (Å²) in [5.41, 5.74) is 1.08. The molecule has 1 aromatic heterocycles. The number of carbonyl (C=O) groups is 2. The van der Waals surface area contributed by atoms with Crippen molar-refractivity contribution >= 4 is 17.6 Å². The lowest BCUT2D eigenvalue weighted by molar-refractivity contribution is 0.0934.